The van der Waals surface area contributed by atoms with E-state index in [-0.39, 0.29) is 112 Å². The summed E-state index contributed by atoms with van der Waals surface area (Å²) in [5.41, 5.74) is 7.20. The van der Waals surface area contributed by atoms with Crippen LogP contribution in [-0.2, 0) is 48.7 Å². The summed E-state index contributed by atoms with van der Waals surface area (Å²) in [6.45, 7) is 8.05. The topological polar surface area (TPSA) is 207 Å². The van der Waals surface area contributed by atoms with Gasteiger partial charge in [-0.3, -0.25) is 24.0 Å². The third-order valence-corrected chi connectivity index (χ3v) is 16.5. The number of rotatable bonds is 23. The van der Waals surface area contributed by atoms with Crippen LogP contribution in [0.15, 0.2) is 154 Å². The highest BCUT2D eigenvalue weighted by Crippen LogP contribution is 2.46. The van der Waals surface area contributed by atoms with E-state index >= 15 is 0 Å². The molecule has 2 aromatic heterocycles. The summed E-state index contributed by atoms with van der Waals surface area (Å²) in [7, 11) is 0. The number of nitrogens with zero attached hydrogens (tertiary/aromatic N) is 2. The monoisotopic (exact) mass is 1280 g/mol. The number of amides is 1. The molecule has 1 atom stereocenters. The van der Waals surface area contributed by atoms with Crippen molar-refractivity contribution in [3.05, 3.63) is 232 Å². The van der Waals surface area contributed by atoms with Crippen LogP contribution in [0.2, 0.25) is 10.0 Å². The Balaban J connectivity index is 0.000000224. The predicted octanol–water partition coefficient (Wildman–Crippen LogP) is 13.2. The third-order valence-electron chi connectivity index (χ3n) is 15.9. The number of pyridine rings is 1. The van der Waals surface area contributed by atoms with E-state index in [4.69, 9.17) is 52.3 Å². The fraction of sp³-hybridized carbons (Fsp3) is 0.362. The number of Topliss-reactive ketones (excluding diaryl/α,β-unsaturated/α-hetero) is 2. The van der Waals surface area contributed by atoms with Gasteiger partial charge in [-0.2, -0.15) is 9.90 Å². The van der Waals surface area contributed by atoms with Crippen LogP contribution in [0.25, 0.3) is 0 Å². The molecule has 0 bridgehead atoms. The molecule has 3 aliphatic rings. The van der Waals surface area contributed by atoms with E-state index in [9.17, 15) is 42.7 Å². The fourth-order valence-electron chi connectivity index (χ4n) is 11.3. The molecule has 3 heterocycles. The van der Waals surface area contributed by atoms with E-state index in [1.165, 1.54) is 42.8 Å². The molecule has 1 spiro atoms. The lowest BCUT2D eigenvalue weighted by atomic mass is 9.64. The molecule has 15 nitrogen and oxygen atoms in total. The Labute approximate surface area is 531 Å². The number of aliphatic hydroxyl groups is 1. The van der Waals surface area contributed by atoms with E-state index in [1.807, 2.05) is 49.4 Å². The predicted molar refractivity (Wildman–Crippen MR) is 344 cm³/mol. The fourth-order valence-corrected chi connectivity index (χ4v) is 11.7. The molecule has 1 unspecified atom stereocenters. The van der Waals surface area contributed by atoms with Crippen LogP contribution in [0.4, 0.5) is 8.78 Å². The van der Waals surface area contributed by atoms with Gasteiger partial charge in [-0.15, -0.1) is 0 Å². The van der Waals surface area contributed by atoms with Gasteiger partial charge in [0.1, 0.15) is 36.7 Å². The minimum absolute atomic E-state index is 0. The molecule has 5 aromatic carbocycles. The maximum absolute atomic E-state index is 14.4. The molecule has 2 aliphatic carbocycles. The molecule has 1 amide bonds. The summed E-state index contributed by atoms with van der Waals surface area (Å²) >= 11 is 11.6. The van der Waals surface area contributed by atoms with Crippen molar-refractivity contribution in [1.82, 2.24) is 9.47 Å². The molecule has 0 radical (unpaired) electrons. The largest absolute Gasteiger partial charge is 0.483 e. The van der Waals surface area contributed by atoms with Gasteiger partial charge in [-0.1, -0.05) is 159 Å². The Bertz CT molecular complexity index is 3660. The van der Waals surface area contributed by atoms with E-state index < -0.39 is 63.2 Å². The standard InChI is InChI=1S/C29H28ClFN2O5.C24H20ClFO6.C15H23NO.CH4.H3P/c1-2-33-28(37)25-27(38-16-18-7-4-3-5-8-18)26(36)21(15-32(25)17-29(33)13-20(34)14-29)23(35)12-11-19-9-6-10-22(30)24(19)31;1-2-30-24(29)23-22(31-13-15-7-4-3-5-8-15)21(28)17(14-32-23)19(27)12-11-16-9-6-10-18(25)20(16)26;1-2-8-15(12-16)9-14(10-15)17-11-13-6-4-3-5-7-13;;/h3-10,15,20,34H,2,11-14,16-17H2,1H3;3-10,14H,2,11-13H2,1H3;3-7,14H,2,8-12,16H2,1H3;1H4;1H3. The first kappa shape index (κ1) is 70.7. The lowest BCUT2D eigenvalue weighted by molar-refractivity contribution is -0.0882. The second kappa shape index (κ2) is 32.9. The van der Waals surface area contributed by atoms with E-state index in [0.717, 1.165) is 43.4 Å². The zero-order chi connectivity index (χ0) is 62.3. The Morgan fingerprint density at radius 1 is 0.685 bits per heavy atom. The summed E-state index contributed by atoms with van der Waals surface area (Å²) in [5, 5.41) is 9.98. The summed E-state index contributed by atoms with van der Waals surface area (Å²) < 4.78 is 57.7. The minimum atomic E-state index is -0.882. The highest BCUT2D eigenvalue weighted by Gasteiger charge is 2.53. The molecular weight excluding hydrogens is 1200 g/mol. The van der Waals surface area contributed by atoms with Crippen molar-refractivity contribution >= 4 is 56.5 Å². The number of halogens is 4. The van der Waals surface area contributed by atoms with Crippen LogP contribution in [0, 0.1) is 17.0 Å². The SMILES string of the molecule is C.CCCC1(CN)CC(OCc2ccccc2)C1.CCN1C(=O)c2c(OCc3ccccc3)c(=O)c(C(=O)CCc3cccc(Cl)c3F)cn2CC12CC(O)C2.CCOC(=O)c1occ(C(=O)CCc2cccc(Cl)c2F)c(=O)c1OCc1ccccc1.P. The summed E-state index contributed by atoms with van der Waals surface area (Å²) in [4.78, 5) is 80.1. The molecule has 10 rings (SSSR count). The first-order chi connectivity index (χ1) is 41.9. The van der Waals surface area contributed by atoms with E-state index in [0.29, 0.717) is 37.5 Å². The number of aryl methyl sites for hydroxylation is 2. The number of hydrogen-bond donors (Lipinski definition) is 2. The number of aromatic nitrogens is 1. The lowest BCUT2D eigenvalue weighted by Crippen LogP contribution is -2.66. The van der Waals surface area contributed by atoms with Gasteiger partial charge in [0.15, 0.2) is 23.0 Å². The highest BCUT2D eigenvalue weighted by molar-refractivity contribution is 6.92. The van der Waals surface area contributed by atoms with Crippen molar-refractivity contribution < 1.29 is 56.4 Å². The first-order valence-corrected chi connectivity index (χ1v) is 29.9. The minimum Gasteiger partial charge on any atom is -0.483 e. The normalized spacial score (nSPS) is 17.8. The summed E-state index contributed by atoms with van der Waals surface area (Å²) in [6, 6.07) is 37.6. The van der Waals surface area contributed by atoms with Crippen LogP contribution >= 0.6 is 33.1 Å². The van der Waals surface area contributed by atoms with Gasteiger partial charge >= 0.3 is 5.97 Å². The zero-order valence-electron chi connectivity index (χ0n) is 49.6. The number of aliphatic hydroxyl groups excluding tert-OH is 1. The highest BCUT2D eigenvalue weighted by atomic mass is 35.5. The van der Waals surface area contributed by atoms with Gasteiger partial charge in [-0.05, 0) is 111 Å². The van der Waals surface area contributed by atoms with Crippen molar-refractivity contribution in [2.45, 2.75) is 137 Å². The second-order valence-corrected chi connectivity index (χ2v) is 22.8. The molecule has 3 N–H and O–H groups in total. The Kier molecular flexibility index (Phi) is 26.2. The molecule has 1 aliphatic heterocycles. The summed E-state index contributed by atoms with van der Waals surface area (Å²) in [6.07, 6.45) is 7.61. The average molecular weight is 1280 g/mol. The average Bonchev–Trinajstić information content (AvgIpc) is 0.754. The Morgan fingerprint density at radius 3 is 1.66 bits per heavy atom. The number of esters is 1. The molecule has 2 fully saturated rings. The van der Waals surface area contributed by atoms with Crippen molar-refractivity contribution in [3.63, 3.8) is 0 Å². The second-order valence-electron chi connectivity index (χ2n) is 22.0. The summed E-state index contributed by atoms with van der Waals surface area (Å²) in [5.74, 6) is -4.53. The maximum atomic E-state index is 14.4. The number of benzene rings is 5. The van der Waals surface area contributed by atoms with Crippen LogP contribution < -0.4 is 26.1 Å². The molecule has 7 aromatic rings. The Hall–Kier alpha value is -7.37. The van der Waals surface area contributed by atoms with Gasteiger partial charge in [0.2, 0.25) is 16.6 Å². The molecule has 2 saturated carbocycles. The van der Waals surface area contributed by atoms with Crippen LogP contribution in [0.5, 0.6) is 11.5 Å². The Morgan fingerprint density at radius 2 is 1.18 bits per heavy atom. The first-order valence-electron chi connectivity index (χ1n) is 29.2. The quantitative estimate of drug-likeness (QED) is 0.0348. The zero-order valence-corrected chi connectivity index (χ0v) is 52.5. The smallest absolute Gasteiger partial charge is 0.378 e. The van der Waals surface area contributed by atoms with Crippen molar-refractivity contribution in [2.24, 2.45) is 11.1 Å². The lowest BCUT2D eigenvalue weighted by Gasteiger charge is -2.55. The number of likely N-dealkylation sites (N-methyl/N-ethyl adjacent to an activating group) is 1. The van der Waals surface area contributed by atoms with Crippen LogP contribution in [-0.4, -0.2) is 75.5 Å². The van der Waals surface area contributed by atoms with Gasteiger partial charge in [-0.25, -0.2) is 13.6 Å². The number of fused-ring (bicyclic) bond motifs is 1. The molecule has 474 valence electrons. The maximum Gasteiger partial charge on any atom is 0.378 e. The van der Waals surface area contributed by atoms with E-state index in [2.05, 4.69) is 31.2 Å². The molecular formula is C69H78Cl2F2N3O12P. The van der Waals surface area contributed by atoms with Gasteiger partial charge < -0.3 is 43.7 Å². The number of nitrogens with two attached hydrogens (primary N) is 1. The van der Waals surface area contributed by atoms with Crippen LogP contribution in [0.1, 0.15) is 149 Å². The van der Waals surface area contributed by atoms with Crippen molar-refractivity contribution in [2.75, 3.05) is 19.7 Å². The number of carbonyl (C=O) groups is 4. The molecule has 0 saturated heterocycles. The van der Waals surface area contributed by atoms with E-state index in [1.54, 1.807) is 58.9 Å². The number of ether oxygens (including phenoxy) is 4. The van der Waals surface area contributed by atoms with Gasteiger partial charge in [0, 0.05) is 32.1 Å². The third kappa shape index (κ3) is 17.3. The molecule has 20 heteroatoms. The number of ketones is 2. The van der Waals surface area contributed by atoms with Crippen LogP contribution in [0.3, 0.4) is 0 Å². The molecule has 89 heavy (non-hydrogen) atoms. The van der Waals surface area contributed by atoms with Gasteiger partial charge in [0.05, 0.1) is 46.6 Å². The van der Waals surface area contributed by atoms with Crippen molar-refractivity contribution in [1.29, 1.82) is 0 Å². The number of carbonyl (C=O) groups excluding carboxylic acids is 4. The van der Waals surface area contributed by atoms with Gasteiger partial charge in [0.25, 0.3) is 11.7 Å². The number of hydrogen-bond acceptors (Lipinski definition) is 13. The van der Waals surface area contributed by atoms with Crippen molar-refractivity contribution in [3.8, 4) is 11.5 Å².